The molecular weight excluding hydrogens is 384 g/mol. The smallest absolute Gasteiger partial charge is 0.292 e. The molecular formula is C19H23ClN4O2S. The van der Waals surface area contributed by atoms with Crippen LogP contribution in [0.1, 0.15) is 6.42 Å². The van der Waals surface area contributed by atoms with Gasteiger partial charge in [0.05, 0.1) is 30.8 Å². The first-order valence-corrected chi connectivity index (χ1v) is 10.7. The summed E-state index contributed by atoms with van der Waals surface area (Å²) < 4.78 is 6.84. The van der Waals surface area contributed by atoms with Gasteiger partial charge in [-0.2, -0.15) is 21.5 Å². The summed E-state index contributed by atoms with van der Waals surface area (Å²) in [5.74, 6) is 2.23. The van der Waals surface area contributed by atoms with Crippen LogP contribution in [0.2, 0.25) is 5.02 Å². The fraction of sp³-hybridized carbons (Fsp3) is 0.474. The first-order chi connectivity index (χ1) is 13.2. The highest BCUT2D eigenvalue weighted by Crippen LogP contribution is 2.34. The standard InChI is InChI=1S/C19H23ClN4O2S/c20-17-16(12-22-24(18(17)25)15-4-2-1-3-5-15)21-13-19(6-11-27-14-19)23-7-9-26-10-8-23/h1-5,12,21H,6-11,13-14H2. The van der Waals surface area contributed by atoms with Gasteiger partial charge in [0, 0.05) is 30.9 Å². The number of anilines is 1. The van der Waals surface area contributed by atoms with Gasteiger partial charge in [0.1, 0.15) is 5.02 Å². The highest BCUT2D eigenvalue weighted by atomic mass is 35.5. The Kier molecular flexibility index (Phi) is 5.73. The number of hydrogen-bond acceptors (Lipinski definition) is 6. The highest BCUT2D eigenvalue weighted by molar-refractivity contribution is 7.99. The van der Waals surface area contributed by atoms with Crippen LogP contribution in [0.4, 0.5) is 5.69 Å². The van der Waals surface area contributed by atoms with Crippen molar-refractivity contribution in [3.8, 4) is 5.69 Å². The summed E-state index contributed by atoms with van der Waals surface area (Å²) in [6, 6.07) is 9.31. The second-order valence-electron chi connectivity index (χ2n) is 6.90. The van der Waals surface area contributed by atoms with Crippen molar-refractivity contribution in [1.29, 1.82) is 0 Å². The molecule has 1 N–H and O–H groups in total. The van der Waals surface area contributed by atoms with Gasteiger partial charge in [-0.15, -0.1) is 0 Å². The molecule has 6 nitrogen and oxygen atoms in total. The molecule has 0 bridgehead atoms. The quantitative estimate of drug-likeness (QED) is 0.823. The Balaban J connectivity index is 1.54. The van der Waals surface area contributed by atoms with E-state index in [1.807, 2.05) is 42.1 Å². The zero-order valence-corrected chi connectivity index (χ0v) is 16.6. The van der Waals surface area contributed by atoms with E-state index in [1.165, 1.54) is 4.68 Å². The summed E-state index contributed by atoms with van der Waals surface area (Å²) >= 11 is 8.37. The first kappa shape index (κ1) is 18.8. The fourth-order valence-electron chi connectivity index (χ4n) is 3.70. The Hall–Kier alpha value is -1.54. The summed E-state index contributed by atoms with van der Waals surface area (Å²) in [6.07, 6.45) is 2.77. The average molecular weight is 407 g/mol. The van der Waals surface area contributed by atoms with Gasteiger partial charge in [-0.3, -0.25) is 9.69 Å². The third kappa shape index (κ3) is 3.87. The molecule has 8 heteroatoms. The molecule has 0 amide bonds. The molecule has 1 atom stereocenters. The molecule has 144 valence electrons. The van der Waals surface area contributed by atoms with Gasteiger partial charge < -0.3 is 10.1 Å². The molecule has 1 unspecified atom stereocenters. The Labute approximate surface area is 167 Å². The molecule has 1 aromatic carbocycles. The van der Waals surface area contributed by atoms with Crippen molar-refractivity contribution in [2.45, 2.75) is 12.0 Å². The lowest BCUT2D eigenvalue weighted by molar-refractivity contribution is -0.00920. The second kappa shape index (κ2) is 8.22. The minimum atomic E-state index is -0.311. The zero-order valence-electron chi connectivity index (χ0n) is 15.1. The number of nitrogens with one attached hydrogen (secondary N) is 1. The SMILES string of the molecule is O=c1c(Cl)c(NCC2(N3CCOCC3)CCSC2)cnn1-c1ccccc1. The Morgan fingerprint density at radius 1 is 1.26 bits per heavy atom. The molecule has 0 radical (unpaired) electrons. The highest BCUT2D eigenvalue weighted by Gasteiger charge is 2.40. The number of para-hydroxylation sites is 1. The maximum absolute atomic E-state index is 12.7. The van der Waals surface area contributed by atoms with Crippen LogP contribution in [-0.4, -0.2) is 64.6 Å². The van der Waals surface area contributed by atoms with Gasteiger partial charge in [0.25, 0.3) is 5.56 Å². The third-order valence-electron chi connectivity index (χ3n) is 5.29. The summed E-state index contributed by atoms with van der Waals surface area (Å²) in [7, 11) is 0. The van der Waals surface area contributed by atoms with Gasteiger partial charge in [0.2, 0.25) is 0 Å². The lowest BCUT2D eigenvalue weighted by Gasteiger charge is -2.43. The van der Waals surface area contributed by atoms with Crippen LogP contribution in [0.3, 0.4) is 0 Å². The van der Waals surface area contributed by atoms with Crippen LogP contribution >= 0.6 is 23.4 Å². The number of benzene rings is 1. The molecule has 2 saturated heterocycles. The predicted molar refractivity (Wildman–Crippen MR) is 110 cm³/mol. The van der Waals surface area contributed by atoms with Gasteiger partial charge in [-0.1, -0.05) is 29.8 Å². The van der Waals surface area contributed by atoms with Crippen LogP contribution in [0.5, 0.6) is 0 Å². The van der Waals surface area contributed by atoms with Crippen molar-refractivity contribution >= 4 is 29.1 Å². The van der Waals surface area contributed by atoms with Crippen LogP contribution in [0.25, 0.3) is 5.69 Å². The Morgan fingerprint density at radius 3 is 2.74 bits per heavy atom. The van der Waals surface area contributed by atoms with Crippen molar-refractivity contribution in [2.75, 3.05) is 49.7 Å². The lowest BCUT2D eigenvalue weighted by atomic mass is 9.95. The van der Waals surface area contributed by atoms with E-state index >= 15 is 0 Å². The maximum Gasteiger partial charge on any atom is 0.292 e. The van der Waals surface area contributed by atoms with Gasteiger partial charge in [-0.25, -0.2) is 0 Å². The van der Waals surface area contributed by atoms with Crippen molar-refractivity contribution in [3.63, 3.8) is 0 Å². The topological polar surface area (TPSA) is 59.4 Å². The average Bonchev–Trinajstić information content (AvgIpc) is 3.21. The fourth-order valence-corrected chi connectivity index (χ4v) is 5.38. The van der Waals surface area contributed by atoms with Crippen LogP contribution in [0.15, 0.2) is 41.3 Å². The largest absolute Gasteiger partial charge is 0.380 e. The molecule has 0 aliphatic carbocycles. The number of thioether (sulfide) groups is 1. The number of morpholine rings is 1. The molecule has 2 fully saturated rings. The molecule has 3 heterocycles. The number of nitrogens with zero attached hydrogens (tertiary/aromatic N) is 3. The molecule has 0 saturated carbocycles. The number of aromatic nitrogens is 2. The number of hydrogen-bond donors (Lipinski definition) is 1. The van der Waals surface area contributed by atoms with Crippen LogP contribution < -0.4 is 10.9 Å². The Morgan fingerprint density at radius 2 is 2.04 bits per heavy atom. The third-order valence-corrected chi connectivity index (χ3v) is 6.89. The lowest BCUT2D eigenvalue weighted by Crippen LogP contribution is -2.57. The summed E-state index contributed by atoms with van der Waals surface area (Å²) in [6.45, 7) is 4.20. The monoisotopic (exact) mass is 406 g/mol. The normalized spacial score (nSPS) is 23.4. The zero-order chi connectivity index (χ0) is 18.7. The molecule has 4 rings (SSSR count). The van der Waals surface area contributed by atoms with Crippen molar-refractivity contribution in [2.24, 2.45) is 0 Å². The number of halogens is 1. The van der Waals surface area contributed by atoms with E-state index in [2.05, 4.69) is 15.3 Å². The van der Waals surface area contributed by atoms with Gasteiger partial charge in [0.15, 0.2) is 0 Å². The molecule has 1 aromatic heterocycles. The minimum absolute atomic E-state index is 0.0755. The predicted octanol–water partition coefficient (Wildman–Crippen LogP) is 2.51. The van der Waals surface area contributed by atoms with E-state index in [0.29, 0.717) is 11.4 Å². The van der Waals surface area contributed by atoms with E-state index in [0.717, 1.165) is 50.8 Å². The molecule has 2 aromatic rings. The molecule has 2 aliphatic rings. The van der Waals surface area contributed by atoms with E-state index in [1.54, 1.807) is 6.20 Å². The minimum Gasteiger partial charge on any atom is -0.380 e. The van der Waals surface area contributed by atoms with Crippen LogP contribution in [0, 0.1) is 0 Å². The summed E-state index contributed by atoms with van der Waals surface area (Å²) in [5.41, 5.74) is 1.06. The van der Waals surface area contributed by atoms with E-state index < -0.39 is 0 Å². The number of rotatable bonds is 5. The van der Waals surface area contributed by atoms with Crippen molar-refractivity contribution in [3.05, 3.63) is 51.9 Å². The van der Waals surface area contributed by atoms with Gasteiger partial charge >= 0.3 is 0 Å². The second-order valence-corrected chi connectivity index (χ2v) is 8.39. The summed E-state index contributed by atoms with van der Waals surface area (Å²) in [4.78, 5) is 15.2. The molecule has 0 spiro atoms. The van der Waals surface area contributed by atoms with Crippen molar-refractivity contribution in [1.82, 2.24) is 14.7 Å². The van der Waals surface area contributed by atoms with E-state index in [-0.39, 0.29) is 16.1 Å². The molecule has 2 aliphatic heterocycles. The molecule has 27 heavy (non-hydrogen) atoms. The van der Waals surface area contributed by atoms with E-state index in [9.17, 15) is 4.79 Å². The van der Waals surface area contributed by atoms with Crippen molar-refractivity contribution < 1.29 is 4.74 Å². The first-order valence-electron chi connectivity index (χ1n) is 9.17. The van der Waals surface area contributed by atoms with Crippen LogP contribution in [-0.2, 0) is 4.74 Å². The van der Waals surface area contributed by atoms with E-state index in [4.69, 9.17) is 16.3 Å². The number of ether oxygens (including phenoxy) is 1. The maximum atomic E-state index is 12.7. The summed E-state index contributed by atoms with van der Waals surface area (Å²) in [5, 5.41) is 7.89. The van der Waals surface area contributed by atoms with Gasteiger partial charge in [-0.05, 0) is 24.3 Å². The Bertz CT molecular complexity index is 833.